The predicted molar refractivity (Wildman–Crippen MR) is 108 cm³/mol. The van der Waals surface area contributed by atoms with Gasteiger partial charge >= 0.3 is 0 Å². The minimum absolute atomic E-state index is 0.101. The van der Waals surface area contributed by atoms with E-state index < -0.39 is 17.1 Å². The van der Waals surface area contributed by atoms with Gasteiger partial charge in [0.15, 0.2) is 0 Å². The molecule has 2 aliphatic rings. The molecule has 29 heavy (non-hydrogen) atoms. The fraction of sp³-hybridized carbons (Fsp3) is 0.591. The molecule has 6 nitrogen and oxygen atoms in total. The van der Waals surface area contributed by atoms with E-state index in [1.807, 2.05) is 30.8 Å². The molecule has 3 amide bonds. The van der Waals surface area contributed by atoms with Crippen LogP contribution in [0.25, 0.3) is 0 Å². The maximum absolute atomic E-state index is 14.0. The second-order valence-corrected chi connectivity index (χ2v) is 8.53. The average molecular weight is 403 g/mol. The first-order valence-corrected chi connectivity index (χ1v) is 10.3. The number of carbonyl (C=O) groups is 3. The number of rotatable bonds is 6. The van der Waals surface area contributed by atoms with Crippen molar-refractivity contribution in [3.63, 3.8) is 0 Å². The molecule has 2 saturated heterocycles. The largest absolute Gasteiger partial charge is 0.340 e. The van der Waals surface area contributed by atoms with Gasteiger partial charge in [-0.2, -0.15) is 0 Å². The minimum Gasteiger partial charge on any atom is -0.340 e. The zero-order valence-corrected chi connectivity index (χ0v) is 17.5. The van der Waals surface area contributed by atoms with Gasteiger partial charge in [0.05, 0.1) is 5.41 Å². The van der Waals surface area contributed by atoms with Crippen molar-refractivity contribution in [1.82, 2.24) is 14.7 Å². The Morgan fingerprint density at radius 1 is 1.28 bits per heavy atom. The molecule has 7 heteroatoms. The van der Waals surface area contributed by atoms with Crippen molar-refractivity contribution in [2.75, 3.05) is 33.7 Å². The van der Waals surface area contributed by atoms with Crippen LogP contribution in [0.3, 0.4) is 0 Å². The molecule has 2 heterocycles. The van der Waals surface area contributed by atoms with Crippen LogP contribution in [0.4, 0.5) is 4.39 Å². The van der Waals surface area contributed by atoms with Crippen LogP contribution in [0.2, 0.25) is 0 Å². The number of hydrogen-bond donors (Lipinski definition) is 0. The number of benzene rings is 1. The summed E-state index contributed by atoms with van der Waals surface area (Å²) in [5.74, 6) is -1.32. The fourth-order valence-corrected chi connectivity index (χ4v) is 4.41. The summed E-state index contributed by atoms with van der Waals surface area (Å²) >= 11 is 0. The third kappa shape index (κ3) is 4.34. The SMILES string of the molecule is C[C@H]1CCCCN1C(=O)C[C@]1(c2cccc(F)c2)CC(=O)N(CCN(C)C)C1=O. The van der Waals surface area contributed by atoms with Crippen molar-refractivity contribution in [2.45, 2.75) is 50.5 Å². The second-order valence-electron chi connectivity index (χ2n) is 8.53. The molecule has 2 fully saturated rings. The summed E-state index contributed by atoms with van der Waals surface area (Å²) in [5, 5.41) is 0. The molecule has 0 spiro atoms. The Morgan fingerprint density at radius 2 is 2.03 bits per heavy atom. The van der Waals surface area contributed by atoms with Crippen molar-refractivity contribution in [1.29, 1.82) is 0 Å². The Hall–Kier alpha value is -2.28. The van der Waals surface area contributed by atoms with Crippen LogP contribution in [0.5, 0.6) is 0 Å². The van der Waals surface area contributed by atoms with Crippen LogP contribution >= 0.6 is 0 Å². The number of hydrogen-bond acceptors (Lipinski definition) is 4. The first-order chi connectivity index (χ1) is 13.7. The molecule has 0 aromatic heterocycles. The fourth-order valence-electron chi connectivity index (χ4n) is 4.41. The summed E-state index contributed by atoms with van der Waals surface area (Å²) in [6.07, 6.45) is 2.74. The number of likely N-dealkylation sites (tertiary alicyclic amines) is 2. The molecule has 0 N–H and O–H groups in total. The molecule has 3 rings (SSSR count). The summed E-state index contributed by atoms with van der Waals surface area (Å²) in [5.41, 5.74) is -0.930. The zero-order chi connectivity index (χ0) is 21.2. The second kappa shape index (κ2) is 8.61. The third-order valence-electron chi connectivity index (χ3n) is 6.13. The van der Waals surface area contributed by atoms with Gasteiger partial charge in [-0.3, -0.25) is 19.3 Å². The number of amides is 3. The number of imide groups is 1. The first-order valence-electron chi connectivity index (χ1n) is 10.3. The van der Waals surface area contributed by atoms with Gasteiger partial charge in [-0.25, -0.2) is 4.39 Å². The van der Waals surface area contributed by atoms with Crippen LogP contribution < -0.4 is 0 Å². The van der Waals surface area contributed by atoms with E-state index in [2.05, 4.69) is 0 Å². The van der Waals surface area contributed by atoms with Gasteiger partial charge in [0, 0.05) is 38.5 Å². The quantitative estimate of drug-likeness (QED) is 0.683. The summed E-state index contributed by atoms with van der Waals surface area (Å²) in [6.45, 7) is 3.46. The monoisotopic (exact) mass is 403 g/mol. The average Bonchev–Trinajstić information content (AvgIpc) is 2.90. The van der Waals surface area contributed by atoms with Gasteiger partial charge in [-0.15, -0.1) is 0 Å². The number of carbonyl (C=O) groups excluding carboxylic acids is 3. The number of nitrogens with zero attached hydrogens (tertiary/aromatic N) is 3. The minimum atomic E-state index is -1.33. The van der Waals surface area contributed by atoms with Crippen molar-refractivity contribution in [3.05, 3.63) is 35.6 Å². The van der Waals surface area contributed by atoms with Gasteiger partial charge < -0.3 is 9.80 Å². The summed E-state index contributed by atoms with van der Waals surface area (Å²) in [7, 11) is 3.73. The van der Waals surface area contributed by atoms with Gasteiger partial charge in [0.25, 0.3) is 0 Å². The third-order valence-corrected chi connectivity index (χ3v) is 6.13. The predicted octanol–water partition coefficient (Wildman–Crippen LogP) is 2.18. The molecule has 1 aromatic carbocycles. The lowest BCUT2D eigenvalue weighted by Crippen LogP contribution is -2.47. The zero-order valence-electron chi connectivity index (χ0n) is 17.5. The van der Waals surface area contributed by atoms with Crippen molar-refractivity contribution in [2.24, 2.45) is 0 Å². The van der Waals surface area contributed by atoms with E-state index in [4.69, 9.17) is 0 Å². The summed E-state index contributed by atoms with van der Waals surface area (Å²) < 4.78 is 14.0. The molecule has 0 bridgehead atoms. The van der Waals surface area contributed by atoms with Crippen molar-refractivity contribution >= 4 is 17.7 Å². The van der Waals surface area contributed by atoms with E-state index in [0.717, 1.165) is 19.3 Å². The molecule has 1 aromatic rings. The molecule has 158 valence electrons. The molecule has 2 atom stereocenters. The van der Waals surface area contributed by atoms with E-state index in [1.165, 1.54) is 23.1 Å². The Morgan fingerprint density at radius 3 is 2.69 bits per heavy atom. The van der Waals surface area contributed by atoms with Crippen LogP contribution in [-0.4, -0.2) is 72.2 Å². The number of piperidine rings is 1. The Kier molecular flexibility index (Phi) is 6.36. The summed E-state index contributed by atoms with van der Waals surface area (Å²) in [4.78, 5) is 44.3. The molecule has 0 aliphatic carbocycles. The maximum Gasteiger partial charge on any atom is 0.240 e. The highest BCUT2D eigenvalue weighted by atomic mass is 19.1. The Balaban J connectivity index is 1.94. The first kappa shape index (κ1) is 21.4. The lowest BCUT2D eigenvalue weighted by molar-refractivity contribution is -0.143. The number of likely N-dealkylation sites (N-methyl/N-ethyl adjacent to an activating group) is 1. The molecule has 2 aliphatic heterocycles. The maximum atomic E-state index is 14.0. The van der Waals surface area contributed by atoms with Gasteiger partial charge in [-0.1, -0.05) is 12.1 Å². The van der Waals surface area contributed by atoms with Crippen molar-refractivity contribution in [3.8, 4) is 0 Å². The molecule has 0 unspecified atom stereocenters. The normalized spacial score (nSPS) is 25.2. The van der Waals surface area contributed by atoms with E-state index in [9.17, 15) is 18.8 Å². The van der Waals surface area contributed by atoms with Crippen molar-refractivity contribution < 1.29 is 18.8 Å². The van der Waals surface area contributed by atoms with E-state index >= 15 is 0 Å². The van der Waals surface area contributed by atoms with Crippen LogP contribution in [-0.2, 0) is 19.8 Å². The van der Waals surface area contributed by atoms with Gasteiger partial charge in [-0.05, 0) is 58.0 Å². The lowest BCUT2D eigenvalue weighted by Gasteiger charge is -2.36. The van der Waals surface area contributed by atoms with E-state index in [-0.39, 0.29) is 37.2 Å². The number of halogens is 1. The summed E-state index contributed by atoms with van der Waals surface area (Å²) in [6, 6.07) is 5.87. The molecule has 0 saturated carbocycles. The lowest BCUT2D eigenvalue weighted by atomic mass is 9.75. The Labute approximate surface area is 171 Å². The van der Waals surface area contributed by atoms with Crippen LogP contribution in [0.15, 0.2) is 24.3 Å². The highest BCUT2D eigenvalue weighted by Gasteiger charge is 2.54. The smallest absolute Gasteiger partial charge is 0.240 e. The van der Waals surface area contributed by atoms with Crippen LogP contribution in [0.1, 0.15) is 44.6 Å². The van der Waals surface area contributed by atoms with Gasteiger partial charge in [0.2, 0.25) is 17.7 Å². The van der Waals surface area contributed by atoms with E-state index in [0.29, 0.717) is 18.7 Å². The van der Waals surface area contributed by atoms with Crippen LogP contribution in [0, 0.1) is 5.82 Å². The van der Waals surface area contributed by atoms with Gasteiger partial charge in [0.1, 0.15) is 5.82 Å². The highest BCUT2D eigenvalue weighted by molar-refractivity contribution is 6.10. The molecular weight excluding hydrogens is 373 g/mol. The highest BCUT2D eigenvalue weighted by Crippen LogP contribution is 2.41. The molecule has 0 radical (unpaired) electrons. The standard InChI is InChI=1S/C22H30FN3O3/c1-16-7-4-5-10-25(16)19(27)14-22(17-8-6-9-18(23)13-17)15-20(28)26(21(22)29)12-11-24(2)3/h6,8-9,13,16H,4-5,7,10-12,14-15H2,1-3H3/t16-,22+/m0/s1. The van der Waals surface area contributed by atoms with E-state index in [1.54, 1.807) is 6.07 Å². The Bertz CT molecular complexity index is 797. The topological polar surface area (TPSA) is 60.9 Å². The molecular formula is C22H30FN3O3.